The quantitative estimate of drug-likeness (QED) is 0.370. The lowest BCUT2D eigenvalue weighted by atomic mass is 9.84. The van der Waals surface area contributed by atoms with E-state index in [1.807, 2.05) is 50.2 Å². The monoisotopic (exact) mass is 431 g/mol. The van der Waals surface area contributed by atoms with Gasteiger partial charge in [-0.3, -0.25) is 9.59 Å². The minimum atomic E-state index is -0.582. The lowest BCUT2D eigenvalue weighted by Gasteiger charge is -2.31. The van der Waals surface area contributed by atoms with Crippen molar-refractivity contribution in [2.45, 2.75) is 77.8 Å². The number of aliphatic hydroxyl groups is 1. The molecule has 1 aliphatic heterocycles. The van der Waals surface area contributed by atoms with E-state index in [-0.39, 0.29) is 22.8 Å². The highest BCUT2D eigenvalue weighted by molar-refractivity contribution is 6.46. The zero-order chi connectivity index (χ0) is 23.2. The van der Waals surface area contributed by atoms with Crippen LogP contribution in [0.2, 0.25) is 0 Å². The first-order chi connectivity index (χ1) is 15.1. The van der Waals surface area contributed by atoms with Crippen molar-refractivity contribution < 1.29 is 14.7 Å². The molecule has 0 bridgehead atoms. The largest absolute Gasteiger partial charge is 0.507 e. The molecule has 168 valence electrons. The molecule has 1 saturated carbocycles. The van der Waals surface area contributed by atoms with E-state index in [0.717, 1.165) is 47.9 Å². The number of Topliss-reactive ketones (excluding diaryl/α,β-unsaturated/α-hetero) is 1. The molecule has 2 aliphatic rings. The van der Waals surface area contributed by atoms with Crippen LogP contribution >= 0.6 is 0 Å². The van der Waals surface area contributed by atoms with Crippen LogP contribution in [0.1, 0.15) is 80.3 Å². The maximum Gasteiger partial charge on any atom is 0.295 e. The van der Waals surface area contributed by atoms with Gasteiger partial charge in [0.1, 0.15) is 5.76 Å². The first kappa shape index (κ1) is 22.3. The molecule has 32 heavy (non-hydrogen) atoms. The van der Waals surface area contributed by atoms with Crippen molar-refractivity contribution >= 4 is 17.4 Å². The number of nitrogens with zero attached hydrogens (tertiary/aromatic N) is 1. The predicted molar refractivity (Wildman–Crippen MR) is 127 cm³/mol. The number of aliphatic hydroxyl groups excluding tert-OH is 1. The van der Waals surface area contributed by atoms with E-state index in [0.29, 0.717) is 5.56 Å². The Morgan fingerprint density at radius 2 is 1.69 bits per heavy atom. The summed E-state index contributed by atoms with van der Waals surface area (Å²) in [6.07, 6.45) is 3.91. The van der Waals surface area contributed by atoms with Gasteiger partial charge in [-0.1, -0.05) is 75.6 Å². The molecule has 4 heteroatoms. The number of amides is 1. The molecule has 1 atom stereocenters. The molecular weight excluding hydrogens is 398 g/mol. The number of ketones is 1. The highest BCUT2D eigenvalue weighted by Gasteiger charge is 2.49. The van der Waals surface area contributed by atoms with Crippen LogP contribution in [-0.4, -0.2) is 27.7 Å². The van der Waals surface area contributed by atoms with Crippen molar-refractivity contribution in [2.24, 2.45) is 0 Å². The summed E-state index contributed by atoms with van der Waals surface area (Å²) in [6, 6.07) is 13.4. The van der Waals surface area contributed by atoms with Crippen LogP contribution in [0.15, 0.2) is 48.0 Å². The third-order valence-electron chi connectivity index (χ3n) is 6.91. The van der Waals surface area contributed by atoms with Crippen LogP contribution in [0.3, 0.4) is 0 Å². The Morgan fingerprint density at radius 3 is 2.31 bits per heavy atom. The van der Waals surface area contributed by atoms with Gasteiger partial charge in [0.15, 0.2) is 0 Å². The van der Waals surface area contributed by atoms with Gasteiger partial charge in [0, 0.05) is 11.6 Å². The van der Waals surface area contributed by atoms with Crippen molar-refractivity contribution in [3.63, 3.8) is 0 Å². The number of hydrogen-bond acceptors (Lipinski definition) is 3. The number of likely N-dealkylation sites (tertiary alicyclic amines) is 1. The van der Waals surface area contributed by atoms with Crippen molar-refractivity contribution in [3.05, 3.63) is 75.9 Å². The third kappa shape index (κ3) is 3.87. The summed E-state index contributed by atoms with van der Waals surface area (Å²) < 4.78 is 0. The van der Waals surface area contributed by atoms with Gasteiger partial charge in [-0.15, -0.1) is 0 Å². The predicted octanol–water partition coefficient (Wildman–Crippen LogP) is 5.97. The molecule has 2 aromatic carbocycles. The lowest BCUT2D eigenvalue weighted by molar-refractivity contribution is -0.141. The number of carbonyl (C=O) groups is 2. The minimum absolute atomic E-state index is 0.0317. The van der Waals surface area contributed by atoms with E-state index in [4.69, 9.17) is 0 Å². The van der Waals surface area contributed by atoms with E-state index in [2.05, 4.69) is 26.8 Å². The standard InChI is InChI=1S/C28H33NO3/c1-17-9-8-10-19(15-17)24-23(26(31)27(32)29(24)21-11-6-7-12-21)25(30)22-16-20(28(3,4)5)14-13-18(22)2/h8-10,13-16,21,24,30H,6-7,11-12H2,1-5H3/b25-23+. The summed E-state index contributed by atoms with van der Waals surface area (Å²) in [5.41, 5.74) is 4.62. The Kier molecular flexibility index (Phi) is 5.74. The molecule has 1 saturated heterocycles. The van der Waals surface area contributed by atoms with Crippen molar-refractivity contribution in [1.29, 1.82) is 0 Å². The fourth-order valence-corrected chi connectivity index (χ4v) is 5.07. The van der Waals surface area contributed by atoms with E-state index >= 15 is 0 Å². The summed E-state index contributed by atoms with van der Waals surface area (Å²) in [4.78, 5) is 28.3. The maximum atomic E-state index is 13.3. The molecule has 2 aromatic rings. The Morgan fingerprint density at radius 1 is 1.00 bits per heavy atom. The molecule has 1 unspecified atom stereocenters. The van der Waals surface area contributed by atoms with E-state index in [1.165, 1.54) is 0 Å². The van der Waals surface area contributed by atoms with Crippen LogP contribution in [-0.2, 0) is 15.0 Å². The average molecular weight is 432 g/mol. The third-order valence-corrected chi connectivity index (χ3v) is 6.91. The van der Waals surface area contributed by atoms with E-state index in [9.17, 15) is 14.7 Å². The smallest absolute Gasteiger partial charge is 0.295 e. The molecule has 0 spiro atoms. The van der Waals surface area contributed by atoms with Crippen molar-refractivity contribution in [3.8, 4) is 0 Å². The summed E-state index contributed by atoms with van der Waals surface area (Å²) in [6.45, 7) is 10.3. The van der Waals surface area contributed by atoms with Crippen LogP contribution in [0.5, 0.6) is 0 Å². The first-order valence-corrected chi connectivity index (χ1v) is 11.6. The molecule has 0 aromatic heterocycles. The van der Waals surface area contributed by atoms with Gasteiger partial charge in [-0.25, -0.2) is 0 Å². The minimum Gasteiger partial charge on any atom is -0.507 e. The number of rotatable bonds is 3. The van der Waals surface area contributed by atoms with E-state index in [1.54, 1.807) is 4.90 Å². The zero-order valence-electron chi connectivity index (χ0n) is 19.7. The van der Waals surface area contributed by atoms with E-state index < -0.39 is 17.7 Å². The molecule has 4 rings (SSSR count). The van der Waals surface area contributed by atoms with Crippen LogP contribution in [0.4, 0.5) is 0 Å². The SMILES string of the molecule is Cc1cccc(C2/C(=C(\O)c3cc(C(C)(C)C)ccc3C)C(=O)C(=O)N2C2CCCC2)c1. The summed E-state index contributed by atoms with van der Waals surface area (Å²) in [7, 11) is 0. The van der Waals surface area contributed by atoms with Crippen LogP contribution in [0, 0.1) is 13.8 Å². The van der Waals surface area contributed by atoms with Crippen molar-refractivity contribution in [1.82, 2.24) is 4.90 Å². The highest BCUT2D eigenvalue weighted by Crippen LogP contribution is 2.44. The Balaban J connectivity index is 1.93. The van der Waals surface area contributed by atoms with Crippen LogP contribution in [0.25, 0.3) is 5.76 Å². The molecule has 2 fully saturated rings. The van der Waals surface area contributed by atoms with Gasteiger partial charge in [0.2, 0.25) is 0 Å². The summed E-state index contributed by atoms with van der Waals surface area (Å²) >= 11 is 0. The Hall–Kier alpha value is -2.88. The number of carbonyl (C=O) groups excluding carboxylic acids is 2. The Bertz CT molecular complexity index is 1100. The molecular formula is C28H33NO3. The number of hydrogen-bond donors (Lipinski definition) is 1. The molecule has 1 amide bonds. The van der Waals surface area contributed by atoms with Gasteiger partial charge >= 0.3 is 0 Å². The summed E-state index contributed by atoms with van der Waals surface area (Å²) in [5, 5.41) is 11.5. The highest BCUT2D eigenvalue weighted by atomic mass is 16.3. The number of aryl methyl sites for hydroxylation is 2. The molecule has 0 radical (unpaired) electrons. The van der Waals surface area contributed by atoms with Crippen LogP contribution < -0.4 is 0 Å². The second-order valence-electron chi connectivity index (χ2n) is 10.3. The lowest BCUT2D eigenvalue weighted by Crippen LogP contribution is -2.37. The molecule has 4 nitrogen and oxygen atoms in total. The van der Waals surface area contributed by atoms with Gasteiger partial charge in [0.25, 0.3) is 11.7 Å². The second-order valence-corrected chi connectivity index (χ2v) is 10.3. The molecule has 1 N–H and O–H groups in total. The Labute approximate surface area is 191 Å². The van der Waals surface area contributed by atoms with Gasteiger partial charge in [-0.2, -0.15) is 0 Å². The molecule has 1 heterocycles. The molecule has 1 aliphatic carbocycles. The zero-order valence-corrected chi connectivity index (χ0v) is 19.7. The fourth-order valence-electron chi connectivity index (χ4n) is 5.07. The van der Waals surface area contributed by atoms with Gasteiger partial charge in [0.05, 0.1) is 11.6 Å². The van der Waals surface area contributed by atoms with Gasteiger partial charge < -0.3 is 10.0 Å². The summed E-state index contributed by atoms with van der Waals surface area (Å²) in [5.74, 6) is -1.14. The first-order valence-electron chi connectivity index (χ1n) is 11.6. The van der Waals surface area contributed by atoms with Crippen molar-refractivity contribution in [2.75, 3.05) is 0 Å². The average Bonchev–Trinajstić information content (AvgIpc) is 3.34. The fraction of sp³-hybridized carbons (Fsp3) is 0.429. The normalized spacial score (nSPS) is 21.5. The second kappa shape index (κ2) is 8.23. The maximum absolute atomic E-state index is 13.3. The number of benzene rings is 2. The topological polar surface area (TPSA) is 57.6 Å². The van der Waals surface area contributed by atoms with Gasteiger partial charge in [-0.05, 0) is 54.9 Å².